The zero-order valence-corrected chi connectivity index (χ0v) is 11.0. The van der Waals surface area contributed by atoms with E-state index in [9.17, 15) is 9.59 Å². The van der Waals surface area contributed by atoms with Crippen LogP contribution in [0.3, 0.4) is 0 Å². The number of Topliss-reactive ketones (excluding diaryl/α,β-unsaturated/α-hetero) is 1. The second kappa shape index (κ2) is 3.79. The number of hydrogen-bond donors (Lipinski definition) is 0. The minimum absolute atomic E-state index is 0.0346. The lowest BCUT2D eigenvalue weighted by Gasteiger charge is -2.30. The van der Waals surface area contributed by atoms with Crippen LogP contribution in [0.15, 0.2) is 0 Å². The second-order valence-electron chi connectivity index (χ2n) is 6.31. The molecule has 19 heavy (non-hydrogen) atoms. The summed E-state index contributed by atoms with van der Waals surface area (Å²) in [5.74, 6) is -0.429. The van der Waals surface area contributed by atoms with Gasteiger partial charge >= 0.3 is 5.97 Å². The highest BCUT2D eigenvalue weighted by Crippen LogP contribution is 2.48. The molecule has 0 N–H and O–H groups in total. The minimum atomic E-state index is -1.08. The van der Waals surface area contributed by atoms with Crippen molar-refractivity contribution in [2.75, 3.05) is 0 Å². The highest BCUT2D eigenvalue weighted by molar-refractivity contribution is 6.05. The first kappa shape index (κ1) is 11.9. The Kier molecular flexibility index (Phi) is 2.37. The van der Waals surface area contributed by atoms with Crippen molar-refractivity contribution in [2.45, 2.75) is 69.5 Å². The summed E-state index contributed by atoms with van der Waals surface area (Å²) in [6.07, 6.45) is 4.12. The first-order valence-corrected chi connectivity index (χ1v) is 7.14. The van der Waals surface area contributed by atoms with Crippen LogP contribution in [-0.2, 0) is 23.8 Å². The molecule has 4 rings (SSSR count). The van der Waals surface area contributed by atoms with Crippen LogP contribution in [0.25, 0.3) is 0 Å². The molecule has 2 aliphatic carbocycles. The zero-order chi connectivity index (χ0) is 13.2. The van der Waals surface area contributed by atoms with Crippen LogP contribution >= 0.6 is 0 Å². The summed E-state index contributed by atoms with van der Waals surface area (Å²) < 4.78 is 16.5. The third-order valence-electron chi connectivity index (χ3n) is 5.04. The molecule has 0 amide bonds. The summed E-state index contributed by atoms with van der Waals surface area (Å²) in [4.78, 5) is 24.5. The number of carbonyl (C=O) groups is 2. The Balaban J connectivity index is 1.45. The summed E-state index contributed by atoms with van der Waals surface area (Å²) in [6, 6.07) is 0. The van der Waals surface area contributed by atoms with Crippen LogP contribution in [0.4, 0.5) is 0 Å². The van der Waals surface area contributed by atoms with Crippen LogP contribution in [0.2, 0.25) is 0 Å². The molecule has 2 saturated heterocycles. The molecule has 0 spiro atoms. The van der Waals surface area contributed by atoms with Crippen molar-refractivity contribution >= 4 is 11.8 Å². The SMILES string of the molecule is CC1(C(=O)OC2CCC3OC3C2)C(=O)CCC2OC21. The van der Waals surface area contributed by atoms with Gasteiger partial charge in [0.15, 0.2) is 11.2 Å². The highest BCUT2D eigenvalue weighted by atomic mass is 16.6. The lowest BCUT2D eigenvalue weighted by molar-refractivity contribution is -0.167. The molecule has 4 aliphatic rings. The number of ether oxygens (including phenoxy) is 3. The van der Waals surface area contributed by atoms with Crippen LogP contribution < -0.4 is 0 Å². The fourth-order valence-electron chi connectivity index (χ4n) is 3.54. The van der Waals surface area contributed by atoms with Gasteiger partial charge in [0.2, 0.25) is 0 Å². The van der Waals surface area contributed by atoms with Crippen LogP contribution in [0.1, 0.15) is 39.0 Å². The maximum atomic E-state index is 12.4. The predicted octanol–water partition coefficient (Wildman–Crippen LogP) is 0.986. The van der Waals surface area contributed by atoms with Crippen molar-refractivity contribution in [3.8, 4) is 0 Å². The molecular formula is C14H18O5. The van der Waals surface area contributed by atoms with E-state index in [1.807, 2.05) is 0 Å². The average molecular weight is 266 g/mol. The minimum Gasteiger partial charge on any atom is -0.461 e. The summed E-state index contributed by atoms with van der Waals surface area (Å²) in [5.41, 5.74) is -1.08. The van der Waals surface area contributed by atoms with Gasteiger partial charge in [0.25, 0.3) is 0 Å². The molecule has 2 heterocycles. The smallest absolute Gasteiger partial charge is 0.322 e. The lowest BCUT2D eigenvalue weighted by Crippen LogP contribution is -2.47. The van der Waals surface area contributed by atoms with E-state index >= 15 is 0 Å². The number of carbonyl (C=O) groups excluding carboxylic acids is 2. The van der Waals surface area contributed by atoms with Gasteiger partial charge in [0.1, 0.15) is 12.2 Å². The van der Waals surface area contributed by atoms with Crippen molar-refractivity contribution in [3.63, 3.8) is 0 Å². The Hall–Kier alpha value is -0.940. The fourth-order valence-corrected chi connectivity index (χ4v) is 3.54. The molecule has 2 aliphatic heterocycles. The Labute approximate surface area is 111 Å². The average Bonchev–Trinajstić information content (AvgIpc) is 3.26. The maximum absolute atomic E-state index is 12.4. The summed E-state index contributed by atoms with van der Waals surface area (Å²) in [7, 11) is 0. The topological polar surface area (TPSA) is 68.4 Å². The van der Waals surface area contributed by atoms with Crippen molar-refractivity contribution in [2.24, 2.45) is 5.41 Å². The van der Waals surface area contributed by atoms with Gasteiger partial charge in [-0.1, -0.05) is 0 Å². The van der Waals surface area contributed by atoms with E-state index in [1.165, 1.54) is 0 Å². The maximum Gasteiger partial charge on any atom is 0.322 e. The van der Waals surface area contributed by atoms with Crippen molar-refractivity contribution in [1.29, 1.82) is 0 Å². The molecule has 0 aromatic heterocycles. The van der Waals surface area contributed by atoms with Crippen LogP contribution in [-0.4, -0.2) is 42.3 Å². The largest absolute Gasteiger partial charge is 0.461 e. The van der Waals surface area contributed by atoms with Gasteiger partial charge in [-0.2, -0.15) is 0 Å². The quantitative estimate of drug-likeness (QED) is 0.423. The monoisotopic (exact) mass is 266 g/mol. The Bertz CT molecular complexity index is 447. The number of rotatable bonds is 2. The van der Waals surface area contributed by atoms with Gasteiger partial charge in [-0.25, -0.2) is 0 Å². The highest BCUT2D eigenvalue weighted by Gasteiger charge is 2.64. The molecular weight excluding hydrogens is 248 g/mol. The van der Waals surface area contributed by atoms with E-state index in [0.29, 0.717) is 12.5 Å². The second-order valence-corrected chi connectivity index (χ2v) is 6.31. The third kappa shape index (κ3) is 1.75. The molecule has 6 atom stereocenters. The van der Waals surface area contributed by atoms with Crippen LogP contribution in [0.5, 0.6) is 0 Å². The molecule has 5 heteroatoms. The van der Waals surface area contributed by atoms with Gasteiger partial charge in [-0.05, 0) is 26.2 Å². The Morgan fingerprint density at radius 1 is 1.21 bits per heavy atom. The van der Waals surface area contributed by atoms with Crippen molar-refractivity contribution in [3.05, 3.63) is 0 Å². The Morgan fingerprint density at radius 3 is 2.84 bits per heavy atom. The van der Waals surface area contributed by atoms with Crippen molar-refractivity contribution in [1.82, 2.24) is 0 Å². The molecule has 0 radical (unpaired) electrons. The van der Waals surface area contributed by atoms with Gasteiger partial charge < -0.3 is 14.2 Å². The molecule has 5 nitrogen and oxygen atoms in total. The van der Waals surface area contributed by atoms with Crippen molar-refractivity contribution < 1.29 is 23.8 Å². The van der Waals surface area contributed by atoms with E-state index in [4.69, 9.17) is 14.2 Å². The molecule has 0 aromatic rings. The lowest BCUT2D eigenvalue weighted by atomic mass is 9.74. The van der Waals surface area contributed by atoms with Crippen LogP contribution in [0, 0.1) is 5.41 Å². The standard InChI is InChI=1S/C14H18O5/c1-14(11(15)5-4-9-12(14)19-9)13(16)17-7-2-3-8-10(6-7)18-8/h7-10,12H,2-6H2,1H3. The number of fused-ring (bicyclic) bond motifs is 2. The first-order chi connectivity index (χ1) is 9.09. The first-order valence-electron chi connectivity index (χ1n) is 7.14. The van der Waals surface area contributed by atoms with Gasteiger partial charge in [0.05, 0.1) is 18.3 Å². The number of epoxide rings is 2. The summed E-state index contributed by atoms with van der Waals surface area (Å²) in [5, 5.41) is 0. The third-order valence-corrected chi connectivity index (χ3v) is 5.04. The summed E-state index contributed by atoms with van der Waals surface area (Å²) in [6.45, 7) is 1.68. The number of esters is 1. The van der Waals surface area contributed by atoms with Gasteiger partial charge in [0, 0.05) is 12.8 Å². The van der Waals surface area contributed by atoms with E-state index in [0.717, 1.165) is 25.7 Å². The normalized spacial score (nSPS) is 51.0. The summed E-state index contributed by atoms with van der Waals surface area (Å²) >= 11 is 0. The molecule has 0 bridgehead atoms. The predicted molar refractivity (Wildman–Crippen MR) is 63.4 cm³/mol. The van der Waals surface area contributed by atoms with Gasteiger partial charge in [-0.3, -0.25) is 9.59 Å². The molecule has 2 saturated carbocycles. The fraction of sp³-hybridized carbons (Fsp3) is 0.857. The van der Waals surface area contributed by atoms with E-state index in [1.54, 1.807) is 6.92 Å². The molecule has 6 unspecified atom stereocenters. The molecule has 104 valence electrons. The Morgan fingerprint density at radius 2 is 2.05 bits per heavy atom. The molecule has 0 aromatic carbocycles. The van der Waals surface area contributed by atoms with E-state index in [-0.39, 0.29) is 30.2 Å². The molecule has 4 fully saturated rings. The van der Waals surface area contributed by atoms with E-state index in [2.05, 4.69) is 0 Å². The number of hydrogen-bond acceptors (Lipinski definition) is 5. The van der Waals surface area contributed by atoms with Gasteiger partial charge in [-0.15, -0.1) is 0 Å². The van der Waals surface area contributed by atoms with E-state index < -0.39 is 11.4 Å². The zero-order valence-electron chi connectivity index (χ0n) is 11.0. The number of ketones is 1.